The fourth-order valence-electron chi connectivity index (χ4n) is 5.10. The second-order valence-electron chi connectivity index (χ2n) is 7.65. The summed E-state index contributed by atoms with van der Waals surface area (Å²) in [4.78, 5) is 5.27. The van der Waals surface area contributed by atoms with Crippen LogP contribution in [0, 0.1) is 6.92 Å². The molecule has 6 aromatic carbocycles. The predicted octanol–water partition coefficient (Wildman–Crippen LogP) is 7.18. The molecule has 0 atom stereocenters. The molecule has 0 N–H and O–H groups in total. The van der Waals surface area contributed by atoms with Crippen LogP contribution in [0.3, 0.4) is 0 Å². The Labute approximate surface area is 155 Å². The van der Waals surface area contributed by atoms with Gasteiger partial charge < -0.3 is 0 Å². The third kappa shape index (κ3) is 1.50. The van der Waals surface area contributed by atoms with E-state index in [4.69, 9.17) is 4.98 Å². The monoisotopic (exact) mass is 341 g/mol. The molecular weight excluding hydrogens is 326 g/mol. The maximum atomic E-state index is 5.27. The number of nitrogens with zero attached hydrogens (tertiary/aromatic N) is 1. The number of pyridine rings is 1. The molecule has 0 saturated heterocycles. The van der Waals surface area contributed by atoms with Crippen molar-refractivity contribution in [3.63, 3.8) is 0 Å². The Balaban J connectivity index is 1.86. The number of hydrogen-bond acceptors (Lipinski definition) is 1. The van der Waals surface area contributed by atoms with Crippen LogP contribution in [0.4, 0.5) is 0 Å². The molecule has 7 aromatic rings. The Morgan fingerprint density at radius 3 is 1.93 bits per heavy atom. The molecule has 0 aliphatic carbocycles. The quantitative estimate of drug-likeness (QED) is 0.284. The summed E-state index contributed by atoms with van der Waals surface area (Å²) in [5.41, 5.74) is 3.57. The van der Waals surface area contributed by atoms with Gasteiger partial charge in [-0.15, -0.1) is 0 Å². The van der Waals surface area contributed by atoms with E-state index in [-0.39, 0.29) is 0 Å². The van der Waals surface area contributed by atoms with Gasteiger partial charge in [0.2, 0.25) is 0 Å². The lowest BCUT2D eigenvalue weighted by molar-refractivity contribution is 1.52. The van der Waals surface area contributed by atoms with E-state index in [1.54, 1.807) is 0 Å². The molecule has 27 heavy (non-hydrogen) atoms. The van der Waals surface area contributed by atoms with Crippen LogP contribution in [0.15, 0.2) is 72.8 Å². The zero-order chi connectivity index (χ0) is 17.7. The number of aromatic nitrogens is 1. The summed E-state index contributed by atoms with van der Waals surface area (Å²) >= 11 is 0. The maximum Gasteiger partial charge on any atom is 0.0797 e. The highest BCUT2D eigenvalue weighted by molar-refractivity contribution is 6.35. The first-order valence-corrected chi connectivity index (χ1v) is 9.42. The Kier molecular flexibility index (Phi) is 2.26. The van der Waals surface area contributed by atoms with Gasteiger partial charge in [-0.25, -0.2) is 4.98 Å². The molecule has 7 rings (SSSR count). The Morgan fingerprint density at radius 1 is 0.519 bits per heavy atom. The van der Waals surface area contributed by atoms with Gasteiger partial charge in [-0.05, 0) is 50.9 Å². The summed E-state index contributed by atoms with van der Waals surface area (Å²) in [6.07, 6.45) is 0. The topological polar surface area (TPSA) is 12.9 Å². The second-order valence-corrected chi connectivity index (χ2v) is 7.65. The average molecular weight is 341 g/mol. The normalized spacial score (nSPS) is 12.6. The van der Waals surface area contributed by atoms with Gasteiger partial charge in [0.05, 0.1) is 11.0 Å². The van der Waals surface area contributed by atoms with Crippen LogP contribution in [-0.4, -0.2) is 4.98 Å². The summed E-state index contributed by atoms with van der Waals surface area (Å²) in [7, 11) is 0. The summed E-state index contributed by atoms with van der Waals surface area (Å²) in [5, 5.41) is 13.0. The number of fused-ring (bicyclic) bond motifs is 6. The molecule has 0 saturated carbocycles. The lowest BCUT2D eigenvalue weighted by atomic mass is 10.0. The van der Waals surface area contributed by atoms with E-state index < -0.39 is 0 Å². The summed E-state index contributed by atoms with van der Waals surface area (Å²) in [5.74, 6) is 0. The van der Waals surface area contributed by atoms with Gasteiger partial charge >= 0.3 is 0 Å². The number of benzene rings is 4. The molecule has 1 nitrogen and oxygen atoms in total. The zero-order valence-electron chi connectivity index (χ0n) is 14.9. The predicted molar refractivity (Wildman–Crippen MR) is 116 cm³/mol. The molecular formula is C26H15N. The third-order valence-corrected chi connectivity index (χ3v) is 6.25. The summed E-state index contributed by atoms with van der Waals surface area (Å²) in [6.45, 7) is 2.20. The highest BCUT2D eigenvalue weighted by atomic mass is 14.7. The fourth-order valence-corrected chi connectivity index (χ4v) is 5.10. The molecule has 0 aliphatic rings. The van der Waals surface area contributed by atoms with Crippen LogP contribution < -0.4 is 0 Å². The molecule has 0 aliphatic heterocycles. The molecule has 0 spiro atoms. The van der Waals surface area contributed by atoms with Gasteiger partial charge in [0.25, 0.3) is 0 Å². The largest absolute Gasteiger partial charge is 0.246 e. The first-order valence-electron chi connectivity index (χ1n) is 9.42. The molecule has 1 aromatic heterocycles. The molecule has 1 heteroatoms. The summed E-state index contributed by atoms with van der Waals surface area (Å²) < 4.78 is 0. The van der Waals surface area contributed by atoms with Crippen molar-refractivity contribution in [3.8, 4) is 0 Å². The molecule has 124 valence electrons. The first kappa shape index (κ1) is 13.7. The van der Waals surface area contributed by atoms with Gasteiger partial charge in [0.1, 0.15) is 0 Å². The van der Waals surface area contributed by atoms with E-state index in [9.17, 15) is 0 Å². The Bertz CT molecular complexity index is 1670. The SMILES string of the molecule is Cc1ccc2cccc3c4cc5c6cccc7cccc(c5nc4c1c23)c76. The van der Waals surface area contributed by atoms with Gasteiger partial charge in [-0.2, -0.15) is 0 Å². The van der Waals surface area contributed by atoms with E-state index in [0.717, 1.165) is 11.0 Å². The molecule has 1 heterocycles. The van der Waals surface area contributed by atoms with Crippen molar-refractivity contribution in [2.45, 2.75) is 6.92 Å². The summed E-state index contributed by atoms with van der Waals surface area (Å²) in [6, 6.07) is 26.6. The number of aryl methyl sites for hydroxylation is 1. The first-order chi connectivity index (χ1) is 13.3. The molecule has 0 bridgehead atoms. The maximum absolute atomic E-state index is 5.27. The molecule has 0 amide bonds. The van der Waals surface area contributed by atoms with E-state index >= 15 is 0 Å². The fraction of sp³-hybridized carbons (Fsp3) is 0.0385. The minimum atomic E-state index is 1.13. The second kappa shape index (κ2) is 4.44. The van der Waals surface area contributed by atoms with Gasteiger partial charge in [-0.1, -0.05) is 66.7 Å². The van der Waals surface area contributed by atoms with Crippen LogP contribution in [0.25, 0.3) is 64.9 Å². The van der Waals surface area contributed by atoms with Crippen molar-refractivity contribution in [1.29, 1.82) is 0 Å². The molecule has 0 unspecified atom stereocenters. The van der Waals surface area contributed by atoms with Crippen molar-refractivity contribution in [2.24, 2.45) is 0 Å². The standard InChI is InChI=1S/C26H15N/c1-14-11-12-16-7-3-9-18-21-13-20-17-8-2-5-15-6-4-10-19(23(15)17)25(20)27-26(21)22(14)24(16)18/h2-13H,1H3. The Morgan fingerprint density at radius 2 is 1.15 bits per heavy atom. The van der Waals surface area contributed by atoms with E-state index in [1.807, 2.05) is 0 Å². The Hall–Kier alpha value is -3.45. The molecule has 0 radical (unpaired) electrons. The van der Waals surface area contributed by atoms with Gasteiger partial charge in [0, 0.05) is 21.5 Å². The van der Waals surface area contributed by atoms with Crippen molar-refractivity contribution in [1.82, 2.24) is 4.98 Å². The van der Waals surface area contributed by atoms with E-state index in [1.165, 1.54) is 59.4 Å². The third-order valence-electron chi connectivity index (χ3n) is 6.25. The van der Waals surface area contributed by atoms with Crippen molar-refractivity contribution >= 4 is 64.9 Å². The lowest BCUT2D eigenvalue weighted by Gasteiger charge is -2.01. The lowest BCUT2D eigenvalue weighted by Crippen LogP contribution is -1.79. The van der Waals surface area contributed by atoms with Crippen LogP contribution >= 0.6 is 0 Å². The van der Waals surface area contributed by atoms with E-state index in [2.05, 4.69) is 79.7 Å². The van der Waals surface area contributed by atoms with Gasteiger partial charge in [0.15, 0.2) is 0 Å². The van der Waals surface area contributed by atoms with Crippen LogP contribution in [0.2, 0.25) is 0 Å². The minimum Gasteiger partial charge on any atom is -0.246 e. The zero-order valence-corrected chi connectivity index (χ0v) is 14.9. The van der Waals surface area contributed by atoms with Crippen LogP contribution in [0.5, 0.6) is 0 Å². The van der Waals surface area contributed by atoms with Crippen LogP contribution in [0.1, 0.15) is 5.56 Å². The minimum absolute atomic E-state index is 1.13. The van der Waals surface area contributed by atoms with E-state index in [0.29, 0.717) is 0 Å². The highest BCUT2D eigenvalue weighted by Crippen LogP contribution is 2.43. The number of rotatable bonds is 0. The van der Waals surface area contributed by atoms with Gasteiger partial charge in [-0.3, -0.25) is 0 Å². The average Bonchev–Trinajstić information content (AvgIpc) is 3.20. The van der Waals surface area contributed by atoms with Crippen molar-refractivity contribution in [2.75, 3.05) is 0 Å². The molecule has 0 fully saturated rings. The van der Waals surface area contributed by atoms with Crippen molar-refractivity contribution < 1.29 is 0 Å². The highest BCUT2D eigenvalue weighted by Gasteiger charge is 2.18. The number of hydrogen-bond donors (Lipinski definition) is 0. The van der Waals surface area contributed by atoms with Crippen LogP contribution in [-0.2, 0) is 0 Å². The smallest absolute Gasteiger partial charge is 0.0797 e. The van der Waals surface area contributed by atoms with Crippen molar-refractivity contribution in [3.05, 3.63) is 78.4 Å².